The summed E-state index contributed by atoms with van der Waals surface area (Å²) in [5, 5.41) is 8.66. The molecule has 2 aromatic rings. The van der Waals surface area contributed by atoms with Crippen LogP contribution in [0.3, 0.4) is 0 Å². The lowest BCUT2D eigenvalue weighted by Gasteiger charge is -2.02. The van der Waals surface area contributed by atoms with Gasteiger partial charge in [0, 0.05) is 11.3 Å². The van der Waals surface area contributed by atoms with E-state index in [4.69, 9.17) is 5.11 Å². The minimum absolute atomic E-state index is 0.0645. The molecule has 0 saturated heterocycles. The van der Waals surface area contributed by atoms with E-state index in [-0.39, 0.29) is 18.6 Å². The zero-order valence-electron chi connectivity index (χ0n) is 11.3. The van der Waals surface area contributed by atoms with E-state index in [1.807, 2.05) is 24.3 Å². The maximum Gasteiger partial charge on any atom is 0.303 e. The number of carbonyl (C=O) groups is 2. The van der Waals surface area contributed by atoms with Gasteiger partial charge in [0.15, 0.2) is 5.78 Å². The topological polar surface area (TPSA) is 54.4 Å². The first-order chi connectivity index (χ1) is 10.1. The summed E-state index contributed by atoms with van der Waals surface area (Å²) in [6.07, 6.45) is 4.87. The Morgan fingerprint density at radius 2 is 1.90 bits per heavy atom. The van der Waals surface area contributed by atoms with Gasteiger partial charge in [-0.15, -0.1) is 11.3 Å². The summed E-state index contributed by atoms with van der Waals surface area (Å²) in [6, 6.07) is 10.1. The van der Waals surface area contributed by atoms with Crippen LogP contribution in [0.4, 0.5) is 0 Å². The summed E-state index contributed by atoms with van der Waals surface area (Å²) in [7, 11) is 0. The van der Waals surface area contributed by atoms with E-state index in [0.29, 0.717) is 4.88 Å². The minimum atomic E-state index is -0.935. The lowest BCUT2D eigenvalue weighted by Crippen LogP contribution is -2.02. The average Bonchev–Trinajstić information content (AvgIpc) is 2.79. The number of carboxylic acid groups (broad SMARTS) is 1. The Morgan fingerprint density at radius 3 is 2.71 bits per heavy atom. The molecule has 1 heterocycles. The molecule has 0 aliphatic heterocycles. The van der Waals surface area contributed by atoms with Crippen LogP contribution in [0.2, 0.25) is 0 Å². The fourth-order valence-corrected chi connectivity index (χ4v) is 3.48. The largest absolute Gasteiger partial charge is 0.481 e. The molecule has 3 nitrogen and oxygen atoms in total. The maximum absolute atomic E-state index is 12.0. The molecule has 0 fully saturated rings. The molecule has 0 unspecified atom stereocenters. The van der Waals surface area contributed by atoms with Crippen LogP contribution < -0.4 is 0 Å². The number of thiophene rings is 1. The molecule has 0 saturated carbocycles. The van der Waals surface area contributed by atoms with Gasteiger partial charge in [-0.25, -0.2) is 0 Å². The molecule has 1 aliphatic carbocycles. The molecule has 0 amide bonds. The summed E-state index contributed by atoms with van der Waals surface area (Å²) in [6.45, 7) is 0. The van der Waals surface area contributed by atoms with Crippen molar-refractivity contribution in [2.75, 3.05) is 0 Å². The molecule has 0 radical (unpaired) electrons. The van der Waals surface area contributed by atoms with Crippen LogP contribution in [0, 0.1) is 0 Å². The molecule has 4 heteroatoms. The lowest BCUT2D eigenvalue weighted by molar-refractivity contribution is -0.136. The fourth-order valence-electron chi connectivity index (χ4n) is 2.43. The maximum atomic E-state index is 12.0. The standard InChI is InChI=1S/C17H14O3S/c18-14(6-8-17(19)20)16-10-13-9-12-4-2-1-3-11(12)5-7-15(13)21-16/h1-5,7,10H,6,8-9H2,(H,19,20). The van der Waals surface area contributed by atoms with Crippen molar-refractivity contribution < 1.29 is 14.7 Å². The third kappa shape index (κ3) is 2.95. The van der Waals surface area contributed by atoms with Crippen LogP contribution in [0.25, 0.3) is 12.2 Å². The van der Waals surface area contributed by atoms with Crippen LogP contribution in [0.15, 0.2) is 30.3 Å². The Labute approximate surface area is 126 Å². The highest BCUT2D eigenvalue weighted by molar-refractivity contribution is 7.15. The van der Waals surface area contributed by atoms with E-state index in [1.54, 1.807) is 0 Å². The van der Waals surface area contributed by atoms with Crippen molar-refractivity contribution in [3.8, 4) is 0 Å². The van der Waals surface area contributed by atoms with Gasteiger partial charge < -0.3 is 5.11 Å². The number of carbonyl (C=O) groups excluding carboxylic acids is 1. The molecule has 1 aromatic carbocycles. The van der Waals surface area contributed by atoms with Gasteiger partial charge in [-0.05, 0) is 35.3 Å². The highest BCUT2D eigenvalue weighted by Gasteiger charge is 2.17. The van der Waals surface area contributed by atoms with Crippen molar-refractivity contribution >= 4 is 35.2 Å². The number of fused-ring (bicyclic) bond motifs is 2. The van der Waals surface area contributed by atoms with Crippen molar-refractivity contribution in [3.63, 3.8) is 0 Å². The van der Waals surface area contributed by atoms with E-state index >= 15 is 0 Å². The predicted molar refractivity (Wildman–Crippen MR) is 83.7 cm³/mol. The minimum Gasteiger partial charge on any atom is -0.481 e. The first kappa shape index (κ1) is 13.8. The molecular weight excluding hydrogens is 284 g/mol. The number of rotatable bonds is 4. The first-order valence-electron chi connectivity index (χ1n) is 6.77. The Hall–Kier alpha value is -2.20. The van der Waals surface area contributed by atoms with Crippen molar-refractivity contribution in [3.05, 3.63) is 56.8 Å². The van der Waals surface area contributed by atoms with Crippen LogP contribution in [-0.2, 0) is 11.2 Å². The van der Waals surface area contributed by atoms with E-state index < -0.39 is 5.97 Å². The van der Waals surface area contributed by atoms with Crippen LogP contribution in [-0.4, -0.2) is 16.9 Å². The highest BCUT2D eigenvalue weighted by Crippen LogP contribution is 2.31. The van der Waals surface area contributed by atoms with Gasteiger partial charge in [-0.3, -0.25) is 9.59 Å². The number of hydrogen-bond donors (Lipinski definition) is 1. The van der Waals surface area contributed by atoms with Crippen molar-refractivity contribution in [2.24, 2.45) is 0 Å². The zero-order chi connectivity index (χ0) is 14.8. The van der Waals surface area contributed by atoms with Gasteiger partial charge >= 0.3 is 5.97 Å². The quantitative estimate of drug-likeness (QED) is 0.744. The normalized spacial score (nSPS) is 12.4. The molecule has 0 bridgehead atoms. The Morgan fingerprint density at radius 1 is 1.10 bits per heavy atom. The zero-order valence-corrected chi connectivity index (χ0v) is 12.2. The second kappa shape index (κ2) is 5.66. The molecule has 21 heavy (non-hydrogen) atoms. The van der Waals surface area contributed by atoms with Crippen LogP contribution >= 0.6 is 11.3 Å². The molecule has 0 spiro atoms. The van der Waals surface area contributed by atoms with Gasteiger partial charge in [0.05, 0.1) is 11.3 Å². The molecule has 1 aliphatic rings. The highest BCUT2D eigenvalue weighted by atomic mass is 32.1. The Balaban J connectivity index is 1.86. The summed E-state index contributed by atoms with van der Waals surface area (Å²) in [5.74, 6) is -1.02. The van der Waals surface area contributed by atoms with E-state index in [0.717, 1.165) is 16.9 Å². The molecule has 1 N–H and O–H groups in total. The van der Waals surface area contributed by atoms with Gasteiger partial charge in [-0.1, -0.05) is 30.3 Å². The van der Waals surface area contributed by atoms with Crippen LogP contribution in [0.5, 0.6) is 0 Å². The van der Waals surface area contributed by atoms with Crippen molar-refractivity contribution in [1.82, 2.24) is 0 Å². The molecular formula is C17H14O3S. The van der Waals surface area contributed by atoms with Crippen LogP contribution in [0.1, 0.15) is 44.1 Å². The first-order valence-corrected chi connectivity index (χ1v) is 7.59. The van der Waals surface area contributed by atoms with Gasteiger partial charge in [0.25, 0.3) is 0 Å². The number of ketones is 1. The van der Waals surface area contributed by atoms with Crippen molar-refractivity contribution in [1.29, 1.82) is 0 Å². The second-order valence-electron chi connectivity index (χ2n) is 5.03. The lowest BCUT2D eigenvalue weighted by atomic mass is 10.0. The molecule has 3 rings (SSSR count). The number of aliphatic carboxylic acids is 1. The third-order valence-electron chi connectivity index (χ3n) is 3.53. The summed E-state index contributed by atoms with van der Waals surface area (Å²) in [5.41, 5.74) is 3.59. The van der Waals surface area contributed by atoms with Gasteiger partial charge in [-0.2, -0.15) is 0 Å². The number of hydrogen-bond acceptors (Lipinski definition) is 3. The van der Waals surface area contributed by atoms with Gasteiger partial charge in [0.2, 0.25) is 0 Å². The molecule has 1 aromatic heterocycles. The van der Waals surface area contributed by atoms with Gasteiger partial charge in [0.1, 0.15) is 0 Å². The summed E-state index contributed by atoms with van der Waals surface area (Å²) < 4.78 is 0. The second-order valence-corrected chi connectivity index (χ2v) is 6.11. The fraction of sp³-hybridized carbons (Fsp3) is 0.176. The molecule has 0 atom stereocenters. The Bertz CT molecular complexity index is 740. The molecule has 106 valence electrons. The predicted octanol–water partition coefficient (Wildman–Crippen LogP) is 3.87. The smallest absolute Gasteiger partial charge is 0.303 e. The van der Waals surface area contributed by atoms with E-state index in [9.17, 15) is 9.59 Å². The third-order valence-corrected chi connectivity index (χ3v) is 4.72. The van der Waals surface area contributed by atoms with Crippen molar-refractivity contribution in [2.45, 2.75) is 19.3 Å². The SMILES string of the molecule is O=C(O)CCC(=O)c1cc2c(s1)C=Cc1ccccc1C2. The monoisotopic (exact) mass is 298 g/mol. The van der Waals surface area contributed by atoms with E-state index in [2.05, 4.69) is 18.2 Å². The Kier molecular flexibility index (Phi) is 3.71. The number of Topliss-reactive ketones (excluding diaryl/α,β-unsaturated/α-hetero) is 1. The number of carboxylic acids is 1. The number of benzene rings is 1. The van der Waals surface area contributed by atoms with E-state index in [1.165, 1.54) is 22.5 Å². The summed E-state index contributed by atoms with van der Waals surface area (Å²) in [4.78, 5) is 24.3. The average molecular weight is 298 g/mol. The summed E-state index contributed by atoms with van der Waals surface area (Å²) >= 11 is 1.45.